The van der Waals surface area contributed by atoms with Gasteiger partial charge in [-0.25, -0.2) is 14.5 Å². The van der Waals surface area contributed by atoms with E-state index in [1.54, 1.807) is 51.1 Å². The van der Waals surface area contributed by atoms with E-state index >= 15 is 0 Å². The van der Waals surface area contributed by atoms with E-state index in [1.165, 1.54) is 0 Å². The van der Waals surface area contributed by atoms with Crippen molar-refractivity contribution in [1.29, 1.82) is 0 Å². The minimum absolute atomic E-state index is 0.0201. The molecule has 7 N–H and O–H groups in total. The Kier molecular flexibility index (Phi) is 13.9. The van der Waals surface area contributed by atoms with Crippen LogP contribution >= 0.6 is 0 Å². The third-order valence-electron chi connectivity index (χ3n) is 8.07. The first-order chi connectivity index (χ1) is 23.4. The summed E-state index contributed by atoms with van der Waals surface area (Å²) in [6, 6.07) is 15.1. The molecule has 2 unspecified atom stereocenters. The number of nitrogens with two attached hydrogens (primary N) is 2. The summed E-state index contributed by atoms with van der Waals surface area (Å²) in [6.07, 6.45) is -5.04. The Hall–Kier alpha value is -4.53. The maximum Gasteiger partial charge on any atom is 0.418 e. The normalized spacial score (nSPS) is 18.3. The van der Waals surface area contributed by atoms with Crippen LogP contribution in [0.1, 0.15) is 71.9 Å². The van der Waals surface area contributed by atoms with E-state index in [2.05, 4.69) is 10.6 Å². The number of carbonyl (C=O) groups is 5. The number of aliphatic hydroxyl groups is 1. The number of nitrogens with one attached hydrogen (secondary N) is 2. The van der Waals surface area contributed by atoms with Crippen molar-refractivity contribution in [2.75, 3.05) is 6.54 Å². The van der Waals surface area contributed by atoms with Gasteiger partial charge in [0.2, 0.25) is 11.8 Å². The van der Waals surface area contributed by atoms with Gasteiger partial charge in [-0.15, -0.1) is 0 Å². The summed E-state index contributed by atoms with van der Waals surface area (Å²) in [6.45, 7) is 11.0. The molecular weight excluding hydrogens is 644 g/mol. The molecule has 14 nitrogen and oxygen atoms in total. The van der Waals surface area contributed by atoms with Crippen LogP contribution in [0, 0.1) is 0 Å². The highest BCUT2D eigenvalue weighted by atomic mass is 16.6. The Bertz CT molecular complexity index is 1460. The van der Waals surface area contributed by atoms with Crippen LogP contribution in [0.25, 0.3) is 0 Å². The third kappa shape index (κ3) is 12.1. The Morgan fingerprint density at radius 3 is 2.08 bits per heavy atom. The first-order valence-corrected chi connectivity index (χ1v) is 16.7. The fourth-order valence-electron chi connectivity index (χ4n) is 5.71. The highest BCUT2D eigenvalue weighted by molar-refractivity contribution is 5.98. The van der Waals surface area contributed by atoms with Crippen LogP contribution in [-0.2, 0) is 36.9 Å². The lowest BCUT2D eigenvalue weighted by atomic mass is 10.0. The average molecular weight is 697 g/mol. The number of ether oxygens (including phenoxy) is 2. The lowest BCUT2D eigenvalue weighted by Crippen LogP contribution is -2.64. The van der Waals surface area contributed by atoms with Crippen molar-refractivity contribution < 1.29 is 38.6 Å². The number of benzene rings is 2. The van der Waals surface area contributed by atoms with Gasteiger partial charge in [-0.2, -0.15) is 0 Å². The van der Waals surface area contributed by atoms with Crippen molar-refractivity contribution >= 4 is 29.9 Å². The Labute approximate surface area is 293 Å². The summed E-state index contributed by atoms with van der Waals surface area (Å²) in [5, 5.41) is 17.2. The molecule has 1 heterocycles. The molecular formula is C36H52N6O8. The maximum atomic E-state index is 14.2. The average Bonchev–Trinajstić information content (AvgIpc) is 3.46. The third-order valence-corrected chi connectivity index (χ3v) is 8.07. The summed E-state index contributed by atoms with van der Waals surface area (Å²) in [4.78, 5) is 68.6. The Morgan fingerprint density at radius 2 is 1.54 bits per heavy atom. The number of carbonyl (C=O) groups excluding carboxylic acids is 5. The second-order valence-electron chi connectivity index (χ2n) is 14.5. The van der Waals surface area contributed by atoms with Crippen molar-refractivity contribution in [3.05, 3.63) is 71.8 Å². The van der Waals surface area contributed by atoms with Crippen LogP contribution in [0.3, 0.4) is 0 Å². The molecule has 5 amide bonds. The molecule has 3 rings (SSSR count). The highest BCUT2D eigenvalue weighted by Crippen LogP contribution is 2.28. The number of hydrogen-bond donors (Lipinski definition) is 5. The molecule has 50 heavy (non-hydrogen) atoms. The Morgan fingerprint density at radius 1 is 0.960 bits per heavy atom. The van der Waals surface area contributed by atoms with E-state index in [9.17, 15) is 29.1 Å². The SMILES string of the molecule is CC(C)(C)OC(=O)N[C@@H]1C[C@H](C(=O)NC(C(O)CCc2ccccc2)N(C(=O)OCc2ccccc2)C(=O)[C@@H](N)CC(N)=O)N(C(C)(C)C)C1. The van der Waals surface area contributed by atoms with E-state index < -0.39 is 77.9 Å². The molecule has 0 radical (unpaired) electrons. The van der Waals surface area contributed by atoms with Crippen molar-refractivity contribution in [3.8, 4) is 0 Å². The van der Waals surface area contributed by atoms with Gasteiger partial charge in [0.1, 0.15) is 18.4 Å². The van der Waals surface area contributed by atoms with Gasteiger partial charge in [0, 0.05) is 18.1 Å². The first-order valence-electron chi connectivity index (χ1n) is 16.7. The number of aliphatic hydroxyl groups excluding tert-OH is 1. The minimum Gasteiger partial charge on any atom is -0.444 e. The van der Waals surface area contributed by atoms with Crippen LogP contribution in [0.15, 0.2) is 60.7 Å². The van der Waals surface area contributed by atoms with Crippen molar-refractivity contribution in [2.45, 2.75) is 115 Å². The fourth-order valence-corrected chi connectivity index (χ4v) is 5.71. The van der Waals surface area contributed by atoms with Crippen molar-refractivity contribution in [1.82, 2.24) is 20.4 Å². The molecule has 0 bridgehead atoms. The van der Waals surface area contributed by atoms with E-state index in [4.69, 9.17) is 20.9 Å². The van der Waals surface area contributed by atoms with Crippen LogP contribution < -0.4 is 22.1 Å². The molecule has 1 aliphatic rings. The molecule has 2 aromatic rings. The van der Waals surface area contributed by atoms with Crippen LogP contribution in [-0.4, -0.2) is 92.9 Å². The van der Waals surface area contributed by atoms with Crippen molar-refractivity contribution in [2.24, 2.45) is 11.5 Å². The number of likely N-dealkylation sites (tertiary alicyclic amines) is 1. The topological polar surface area (TPSA) is 207 Å². The predicted octanol–water partition coefficient (Wildman–Crippen LogP) is 2.56. The molecule has 0 saturated carbocycles. The number of rotatable bonds is 13. The number of hydrogen-bond acceptors (Lipinski definition) is 10. The molecule has 0 aliphatic carbocycles. The van der Waals surface area contributed by atoms with Gasteiger partial charge in [-0.1, -0.05) is 60.7 Å². The minimum atomic E-state index is -1.65. The summed E-state index contributed by atoms with van der Waals surface area (Å²) in [7, 11) is 0. The summed E-state index contributed by atoms with van der Waals surface area (Å²) < 4.78 is 10.9. The summed E-state index contributed by atoms with van der Waals surface area (Å²) in [5.41, 5.74) is 11.6. The van der Waals surface area contributed by atoms with Gasteiger partial charge < -0.3 is 36.7 Å². The lowest BCUT2D eigenvalue weighted by molar-refractivity contribution is -0.141. The van der Waals surface area contributed by atoms with E-state index in [1.807, 2.05) is 56.0 Å². The molecule has 0 aromatic heterocycles. The zero-order chi connectivity index (χ0) is 37.2. The van der Waals surface area contributed by atoms with E-state index in [0.717, 1.165) is 5.56 Å². The molecule has 2 aromatic carbocycles. The van der Waals surface area contributed by atoms with Gasteiger partial charge in [0.05, 0.1) is 24.6 Å². The molecule has 274 valence electrons. The monoisotopic (exact) mass is 696 g/mol. The number of aryl methyl sites for hydroxylation is 1. The first kappa shape index (κ1) is 39.9. The van der Waals surface area contributed by atoms with E-state index in [0.29, 0.717) is 23.4 Å². The number of primary amides is 1. The van der Waals surface area contributed by atoms with E-state index in [-0.39, 0.29) is 19.4 Å². The molecule has 1 aliphatic heterocycles. The van der Waals surface area contributed by atoms with Gasteiger partial charge in [-0.05, 0) is 71.9 Å². The summed E-state index contributed by atoms with van der Waals surface area (Å²) in [5.74, 6) is -2.58. The lowest BCUT2D eigenvalue weighted by Gasteiger charge is -2.39. The predicted molar refractivity (Wildman–Crippen MR) is 186 cm³/mol. The van der Waals surface area contributed by atoms with Gasteiger partial charge >= 0.3 is 12.2 Å². The van der Waals surface area contributed by atoms with Crippen molar-refractivity contribution in [3.63, 3.8) is 0 Å². The highest BCUT2D eigenvalue weighted by Gasteiger charge is 2.46. The molecule has 1 saturated heterocycles. The van der Waals surface area contributed by atoms with Crippen LogP contribution in [0.2, 0.25) is 0 Å². The Balaban J connectivity index is 1.97. The van der Waals surface area contributed by atoms with Crippen LogP contribution in [0.5, 0.6) is 0 Å². The molecule has 0 spiro atoms. The standard InChI is InChI=1S/C36H52N6O8/c1-35(2,3)41-21-25(39-33(47)50-36(4,5)6)19-27(41)31(45)40-30(28(43)18-17-23-13-9-7-10-14-23)42(32(46)26(37)20-29(38)44)34(48)49-22-24-15-11-8-12-16-24/h7-16,25-28,30,43H,17-22,37H2,1-6H3,(H2,38,44)(H,39,47)(H,40,45)/t25-,26+,27-,28?,30?/m1/s1. The number of alkyl carbamates (subject to hydrolysis) is 1. The molecule has 5 atom stereocenters. The number of nitrogens with zero attached hydrogens (tertiary/aromatic N) is 2. The number of amides is 5. The van der Waals surface area contributed by atoms with Gasteiger partial charge in [-0.3, -0.25) is 19.3 Å². The quantitative estimate of drug-likeness (QED) is 0.194. The second kappa shape index (κ2) is 17.4. The molecule has 1 fully saturated rings. The fraction of sp³-hybridized carbons (Fsp3) is 0.528. The number of imide groups is 1. The smallest absolute Gasteiger partial charge is 0.418 e. The van der Waals surface area contributed by atoms with Gasteiger partial charge in [0.15, 0.2) is 0 Å². The zero-order valence-corrected chi connectivity index (χ0v) is 29.8. The largest absolute Gasteiger partial charge is 0.444 e. The van der Waals surface area contributed by atoms with Gasteiger partial charge in [0.25, 0.3) is 5.91 Å². The maximum absolute atomic E-state index is 14.2. The summed E-state index contributed by atoms with van der Waals surface area (Å²) >= 11 is 0. The second-order valence-corrected chi connectivity index (χ2v) is 14.5. The van der Waals surface area contributed by atoms with Crippen LogP contribution in [0.4, 0.5) is 9.59 Å². The zero-order valence-electron chi connectivity index (χ0n) is 29.8. The molecule has 14 heteroatoms.